The van der Waals surface area contributed by atoms with Crippen molar-refractivity contribution >= 4 is 11.5 Å². The Kier molecular flexibility index (Phi) is 5.65. The van der Waals surface area contributed by atoms with Crippen molar-refractivity contribution in [3.8, 4) is 0 Å². The Hall–Kier alpha value is -2.48. The molecule has 4 heterocycles. The van der Waals surface area contributed by atoms with Crippen molar-refractivity contribution in [1.29, 1.82) is 0 Å². The molecule has 1 saturated heterocycles. The second-order valence-electron chi connectivity index (χ2n) is 8.94. The van der Waals surface area contributed by atoms with Crippen LogP contribution in [0, 0.1) is 0 Å². The molecule has 7 heteroatoms. The van der Waals surface area contributed by atoms with E-state index in [1.54, 1.807) is 0 Å². The molecule has 5 rings (SSSR count). The number of fused-ring (bicyclic) bond motifs is 2. The minimum Gasteiger partial charge on any atom is -0.390 e. The van der Waals surface area contributed by atoms with Crippen molar-refractivity contribution in [2.75, 3.05) is 25.0 Å². The van der Waals surface area contributed by atoms with E-state index in [2.05, 4.69) is 39.4 Å². The summed E-state index contributed by atoms with van der Waals surface area (Å²) in [6, 6.07) is 11.0. The molecular weight excluding hydrogens is 388 g/mol. The van der Waals surface area contributed by atoms with Crippen LogP contribution in [0.15, 0.2) is 36.5 Å². The van der Waals surface area contributed by atoms with Gasteiger partial charge in [0.1, 0.15) is 11.5 Å². The normalized spacial score (nSPS) is 19.9. The zero-order chi connectivity index (χ0) is 21.4. The van der Waals surface area contributed by atoms with Crippen LogP contribution in [-0.2, 0) is 19.6 Å². The second kappa shape index (κ2) is 8.57. The van der Waals surface area contributed by atoms with Gasteiger partial charge in [-0.05, 0) is 62.9 Å². The summed E-state index contributed by atoms with van der Waals surface area (Å²) in [5.41, 5.74) is 11.4. The van der Waals surface area contributed by atoms with Gasteiger partial charge in [0.25, 0.3) is 0 Å². The molecule has 1 atom stereocenters. The lowest BCUT2D eigenvalue weighted by molar-refractivity contribution is 0.203. The maximum Gasteiger partial charge on any atom is 0.138 e. The molecule has 3 aromatic heterocycles. The molecule has 0 saturated carbocycles. The maximum absolute atomic E-state index is 10.3. The quantitative estimate of drug-likeness (QED) is 0.660. The van der Waals surface area contributed by atoms with Crippen molar-refractivity contribution in [1.82, 2.24) is 19.3 Å². The van der Waals surface area contributed by atoms with Crippen LogP contribution in [0.3, 0.4) is 0 Å². The van der Waals surface area contributed by atoms with Crippen molar-refractivity contribution in [2.45, 2.75) is 57.3 Å². The molecule has 1 aliphatic heterocycles. The molecule has 0 unspecified atom stereocenters. The first kappa shape index (κ1) is 20.4. The number of anilines is 1. The van der Waals surface area contributed by atoms with Crippen LogP contribution in [0.2, 0.25) is 0 Å². The number of aliphatic hydroxyl groups excluding tert-OH is 1. The molecule has 31 heavy (non-hydrogen) atoms. The summed E-state index contributed by atoms with van der Waals surface area (Å²) in [6.45, 7) is 2.52. The summed E-state index contributed by atoms with van der Waals surface area (Å²) in [5.74, 6) is 1.10. The monoisotopic (exact) mass is 420 g/mol. The minimum absolute atomic E-state index is 0.0335. The van der Waals surface area contributed by atoms with Gasteiger partial charge in [-0.15, -0.1) is 0 Å². The number of hydrogen-bond acceptors (Lipinski definition) is 6. The number of nitrogens with zero attached hydrogens (tertiary/aromatic N) is 5. The molecule has 0 aromatic carbocycles. The molecule has 0 amide bonds. The van der Waals surface area contributed by atoms with E-state index in [1.807, 2.05) is 18.3 Å². The molecule has 7 nitrogen and oxygen atoms in total. The third-order valence-electron chi connectivity index (χ3n) is 6.91. The number of piperidine rings is 1. The van der Waals surface area contributed by atoms with Gasteiger partial charge >= 0.3 is 0 Å². The molecule has 3 aromatic rings. The van der Waals surface area contributed by atoms with Crippen molar-refractivity contribution in [2.24, 2.45) is 5.73 Å². The van der Waals surface area contributed by atoms with Crippen molar-refractivity contribution < 1.29 is 5.11 Å². The van der Waals surface area contributed by atoms with Gasteiger partial charge in [0, 0.05) is 31.9 Å². The van der Waals surface area contributed by atoms with Crippen molar-refractivity contribution in [3.05, 3.63) is 59.2 Å². The summed E-state index contributed by atoms with van der Waals surface area (Å²) in [6.07, 6.45) is 7.25. The maximum atomic E-state index is 10.3. The first-order valence-corrected chi connectivity index (χ1v) is 11.4. The van der Waals surface area contributed by atoms with E-state index >= 15 is 0 Å². The summed E-state index contributed by atoms with van der Waals surface area (Å²) < 4.78 is 2.13. The number of nitrogens with two attached hydrogens (primary N) is 1. The second-order valence-corrected chi connectivity index (χ2v) is 8.94. The van der Waals surface area contributed by atoms with E-state index in [0.29, 0.717) is 6.54 Å². The van der Waals surface area contributed by atoms with Crippen LogP contribution in [0.5, 0.6) is 0 Å². The predicted molar refractivity (Wildman–Crippen MR) is 122 cm³/mol. The van der Waals surface area contributed by atoms with Crippen LogP contribution in [0.25, 0.3) is 5.65 Å². The van der Waals surface area contributed by atoms with E-state index in [4.69, 9.17) is 15.7 Å². The number of imidazole rings is 1. The first-order valence-electron chi connectivity index (χ1n) is 11.4. The Morgan fingerprint density at radius 3 is 2.81 bits per heavy atom. The highest BCUT2D eigenvalue weighted by Crippen LogP contribution is 2.33. The van der Waals surface area contributed by atoms with E-state index in [1.165, 1.54) is 17.7 Å². The van der Waals surface area contributed by atoms with Gasteiger partial charge in [-0.2, -0.15) is 0 Å². The first-order chi connectivity index (χ1) is 15.2. The van der Waals surface area contributed by atoms with E-state index in [-0.39, 0.29) is 18.7 Å². The molecule has 1 aliphatic carbocycles. The van der Waals surface area contributed by atoms with Gasteiger partial charge in [-0.1, -0.05) is 12.1 Å². The smallest absolute Gasteiger partial charge is 0.138 e. The van der Waals surface area contributed by atoms with Crippen LogP contribution in [0.4, 0.5) is 5.82 Å². The van der Waals surface area contributed by atoms with Crippen LogP contribution >= 0.6 is 0 Å². The molecule has 164 valence electrons. The van der Waals surface area contributed by atoms with Crippen molar-refractivity contribution in [3.63, 3.8) is 0 Å². The minimum atomic E-state index is -0.0335. The number of hydrogen-bond donors (Lipinski definition) is 2. The topological polar surface area (TPSA) is 82.9 Å². The molecule has 0 spiro atoms. The fraction of sp³-hybridized carbons (Fsp3) is 0.500. The summed E-state index contributed by atoms with van der Waals surface area (Å²) in [7, 11) is 2.15. The Labute approximate surface area is 183 Å². The zero-order valence-electron chi connectivity index (χ0n) is 18.2. The molecule has 3 N–H and O–H groups in total. The van der Waals surface area contributed by atoms with Crippen LogP contribution < -0.4 is 10.6 Å². The number of aryl methyl sites for hydroxylation is 1. The highest BCUT2D eigenvalue weighted by Gasteiger charge is 2.27. The van der Waals surface area contributed by atoms with Crippen LogP contribution in [0.1, 0.15) is 54.4 Å². The van der Waals surface area contributed by atoms with Gasteiger partial charge in [0.2, 0.25) is 0 Å². The van der Waals surface area contributed by atoms with Gasteiger partial charge in [0.15, 0.2) is 0 Å². The molecule has 0 bridgehead atoms. The molecule has 1 fully saturated rings. The van der Waals surface area contributed by atoms with Gasteiger partial charge in [-0.25, -0.2) is 4.98 Å². The average Bonchev–Trinajstić information content (AvgIpc) is 3.16. The lowest BCUT2D eigenvalue weighted by Crippen LogP contribution is -2.40. The highest BCUT2D eigenvalue weighted by molar-refractivity contribution is 5.55. The Morgan fingerprint density at radius 1 is 1.16 bits per heavy atom. The lowest BCUT2D eigenvalue weighted by Gasteiger charge is -2.33. The van der Waals surface area contributed by atoms with Gasteiger partial charge in [0.05, 0.1) is 29.7 Å². The fourth-order valence-corrected chi connectivity index (χ4v) is 5.21. The molecular formula is C24H32N6O. The SMILES string of the molecule is CN(Cc1nc2cccc(N3CCC(N)CC3)n2c1CO)[C@H]1CCCc2cccnc21. The van der Waals surface area contributed by atoms with Gasteiger partial charge < -0.3 is 15.7 Å². The Bertz CT molecular complexity index is 1060. The largest absolute Gasteiger partial charge is 0.390 e. The van der Waals surface area contributed by atoms with E-state index in [0.717, 1.165) is 61.6 Å². The third kappa shape index (κ3) is 3.82. The van der Waals surface area contributed by atoms with Crippen LogP contribution in [-0.4, -0.2) is 50.6 Å². The standard InChI is InChI=1S/C24H32N6O/c1-28(20-7-2-5-17-6-4-12-26-24(17)20)15-19-21(16-31)30-22(27-19)8-3-9-23(30)29-13-10-18(25)11-14-29/h3-4,6,8-9,12,18,20,31H,2,5,7,10-11,13-16,25H2,1H3/t20-/m0/s1. The average molecular weight is 421 g/mol. The molecule has 2 aliphatic rings. The summed E-state index contributed by atoms with van der Waals surface area (Å²) in [4.78, 5) is 14.3. The number of pyridine rings is 2. The van der Waals surface area contributed by atoms with Gasteiger partial charge in [-0.3, -0.25) is 14.3 Å². The highest BCUT2D eigenvalue weighted by atomic mass is 16.3. The summed E-state index contributed by atoms with van der Waals surface area (Å²) in [5, 5.41) is 10.3. The number of rotatable bonds is 5. The zero-order valence-corrected chi connectivity index (χ0v) is 18.2. The fourth-order valence-electron chi connectivity index (χ4n) is 5.21. The molecule has 0 radical (unpaired) electrons. The predicted octanol–water partition coefficient (Wildman–Crippen LogP) is 2.66. The summed E-state index contributed by atoms with van der Waals surface area (Å²) >= 11 is 0. The van der Waals surface area contributed by atoms with E-state index < -0.39 is 0 Å². The third-order valence-corrected chi connectivity index (χ3v) is 6.91. The Balaban J connectivity index is 1.46. The lowest BCUT2D eigenvalue weighted by atomic mass is 9.91. The Morgan fingerprint density at radius 2 is 2.00 bits per heavy atom. The van der Waals surface area contributed by atoms with E-state index in [9.17, 15) is 5.11 Å². The number of aliphatic hydroxyl groups is 1. The number of aromatic nitrogens is 3.